The maximum atomic E-state index is 12.6. The molecule has 4 nitrogen and oxygen atoms in total. The number of amides is 1. The molecule has 1 atom stereocenters. The molecule has 116 valence electrons. The average Bonchev–Trinajstić information content (AvgIpc) is 2.80. The van der Waals surface area contributed by atoms with Crippen molar-refractivity contribution in [2.24, 2.45) is 5.41 Å². The molecule has 0 saturated carbocycles. The Labute approximate surface area is 129 Å². The first kappa shape index (κ1) is 16.0. The van der Waals surface area contributed by atoms with Crippen LogP contribution >= 0.6 is 11.3 Å². The monoisotopic (exact) mass is 309 g/mol. The predicted molar refractivity (Wildman–Crippen MR) is 83.9 cm³/mol. The van der Waals surface area contributed by atoms with Crippen molar-refractivity contribution in [2.75, 3.05) is 13.1 Å². The quantitative estimate of drug-likeness (QED) is 0.928. The van der Waals surface area contributed by atoms with Gasteiger partial charge in [0, 0.05) is 18.0 Å². The van der Waals surface area contributed by atoms with Crippen LogP contribution in [-0.4, -0.2) is 35.0 Å². The highest BCUT2D eigenvalue weighted by Gasteiger charge is 2.39. The van der Waals surface area contributed by atoms with Crippen LogP contribution in [0.1, 0.15) is 53.2 Å². The van der Waals surface area contributed by atoms with E-state index in [2.05, 4.69) is 6.92 Å². The van der Waals surface area contributed by atoms with Gasteiger partial charge in [0.25, 0.3) is 5.91 Å². The van der Waals surface area contributed by atoms with E-state index >= 15 is 0 Å². The van der Waals surface area contributed by atoms with E-state index in [4.69, 9.17) is 0 Å². The average molecular weight is 309 g/mol. The molecule has 1 aliphatic rings. The number of aryl methyl sites for hydroxylation is 2. The zero-order valence-electron chi connectivity index (χ0n) is 12.9. The van der Waals surface area contributed by atoms with Gasteiger partial charge in [0.15, 0.2) is 0 Å². The van der Waals surface area contributed by atoms with E-state index in [1.54, 1.807) is 11.8 Å². The Balaban J connectivity index is 2.16. The van der Waals surface area contributed by atoms with Crippen LogP contribution in [0.2, 0.25) is 0 Å². The van der Waals surface area contributed by atoms with E-state index in [0.29, 0.717) is 19.5 Å². The second-order valence-electron chi connectivity index (χ2n) is 6.14. The molecule has 1 unspecified atom stereocenters. The summed E-state index contributed by atoms with van der Waals surface area (Å²) in [6.45, 7) is 6.87. The fourth-order valence-electron chi connectivity index (χ4n) is 2.89. The van der Waals surface area contributed by atoms with Crippen molar-refractivity contribution in [2.45, 2.75) is 46.5 Å². The highest BCUT2D eigenvalue weighted by atomic mass is 32.1. The minimum Gasteiger partial charge on any atom is -0.481 e. The van der Waals surface area contributed by atoms with E-state index in [9.17, 15) is 14.7 Å². The number of aliphatic carboxylic acids is 1. The molecule has 1 aromatic heterocycles. The maximum Gasteiger partial charge on any atom is 0.311 e. The normalized spacial score (nSPS) is 22.3. The highest BCUT2D eigenvalue weighted by Crippen LogP contribution is 2.32. The molecule has 1 amide bonds. The number of carboxylic acid groups (broad SMARTS) is 1. The number of carboxylic acids is 1. The minimum absolute atomic E-state index is 0.0161. The van der Waals surface area contributed by atoms with Gasteiger partial charge in [-0.3, -0.25) is 9.59 Å². The van der Waals surface area contributed by atoms with Crippen LogP contribution in [0.5, 0.6) is 0 Å². The molecule has 0 bridgehead atoms. The van der Waals surface area contributed by atoms with E-state index in [1.165, 1.54) is 21.8 Å². The molecule has 1 N–H and O–H groups in total. The van der Waals surface area contributed by atoms with E-state index < -0.39 is 11.4 Å². The molecule has 1 aliphatic heterocycles. The first-order valence-electron chi connectivity index (χ1n) is 7.49. The SMILES string of the molecule is CCCc1cc(C(=O)N2CCCC(C)(C(=O)O)C2)sc1C. The molecule has 1 fully saturated rings. The Hall–Kier alpha value is -1.36. The first-order chi connectivity index (χ1) is 9.87. The number of rotatable bonds is 4. The molecule has 0 spiro atoms. The second kappa shape index (κ2) is 6.18. The molecule has 2 heterocycles. The van der Waals surface area contributed by atoms with Crippen LogP contribution < -0.4 is 0 Å². The Morgan fingerprint density at radius 2 is 2.19 bits per heavy atom. The molecular formula is C16H23NO3S. The minimum atomic E-state index is -0.813. The van der Waals surface area contributed by atoms with Crippen LogP contribution in [0, 0.1) is 12.3 Å². The molecule has 5 heteroatoms. The van der Waals surface area contributed by atoms with Gasteiger partial charge in [-0.25, -0.2) is 0 Å². The zero-order chi connectivity index (χ0) is 15.6. The van der Waals surface area contributed by atoms with E-state index in [1.807, 2.05) is 13.0 Å². The van der Waals surface area contributed by atoms with Gasteiger partial charge in [-0.15, -0.1) is 11.3 Å². The topological polar surface area (TPSA) is 57.6 Å². The molecule has 1 aromatic rings. The summed E-state index contributed by atoms with van der Waals surface area (Å²) in [7, 11) is 0. The van der Waals surface area contributed by atoms with Crippen LogP contribution in [0.4, 0.5) is 0 Å². The Morgan fingerprint density at radius 1 is 1.48 bits per heavy atom. The van der Waals surface area contributed by atoms with Gasteiger partial charge in [-0.2, -0.15) is 0 Å². The third-order valence-corrected chi connectivity index (χ3v) is 5.33. The number of likely N-dealkylation sites (tertiary alicyclic amines) is 1. The summed E-state index contributed by atoms with van der Waals surface area (Å²) in [5.74, 6) is -0.827. The molecule has 21 heavy (non-hydrogen) atoms. The predicted octanol–water partition coefficient (Wildman–Crippen LogP) is 3.34. The third-order valence-electron chi connectivity index (χ3n) is 4.25. The standard InChI is InChI=1S/C16H23NO3S/c1-4-6-12-9-13(21-11(12)2)14(18)17-8-5-7-16(3,10-17)15(19)20/h9H,4-8,10H2,1-3H3,(H,19,20). The lowest BCUT2D eigenvalue weighted by atomic mass is 9.82. The van der Waals surface area contributed by atoms with Crippen molar-refractivity contribution >= 4 is 23.2 Å². The Kier molecular flexibility index (Phi) is 4.71. The smallest absolute Gasteiger partial charge is 0.311 e. The number of thiophene rings is 1. The number of piperidine rings is 1. The van der Waals surface area contributed by atoms with Gasteiger partial charge in [-0.05, 0) is 44.7 Å². The largest absolute Gasteiger partial charge is 0.481 e. The van der Waals surface area contributed by atoms with Gasteiger partial charge in [0.2, 0.25) is 0 Å². The number of hydrogen-bond acceptors (Lipinski definition) is 3. The van der Waals surface area contributed by atoms with Crippen LogP contribution in [0.3, 0.4) is 0 Å². The lowest BCUT2D eigenvalue weighted by Gasteiger charge is -2.37. The Bertz CT molecular complexity index is 552. The van der Waals surface area contributed by atoms with E-state index in [-0.39, 0.29) is 5.91 Å². The molecule has 1 saturated heterocycles. The number of carbonyl (C=O) groups excluding carboxylic acids is 1. The number of hydrogen-bond donors (Lipinski definition) is 1. The lowest BCUT2D eigenvalue weighted by Crippen LogP contribution is -2.48. The summed E-state index contributed by atoms with van der Waals surface area (Å²) < 4.78 is 0. The van der Waals surface area contributed by atoms with Gasteiger partial charge in [0.05, 0.1) is 10.3 Å². The third kappa shape index (κ3) is 3.28. The van der Waals surface area contributed by atoms with Crippen molar-refractivity contribution < 1.29 is 14.7 Å². The summed E-state index contributed by atoms with van der Waals surface area (Å²) in [5, 5.41) is 9.35. The molecule has 0 aromatic carbocycles. The van der Waals surface area contributed by atoms with Crippen molar-refractivity contribution in [1.29, 1.82) is 0 Å². The lowest BCUT2D eigenvalue weighted by molar-refractivity contribution is -0.150. The summed E-state index contributed by atoms with van der Waals surface area (Å²) >= 11 is 1.53. The molecule has 0 radical (unpaired) electrons. The maximum absolute atomic E-state index is 12.6. The fourth-order valence-corrected chi connectivity index (χ4v) is 3.93. The molecule has 0 aliphatic carbocycles. The van der Waals surface area contributed by atoms with Crippen LogP contribution in [0.15, 0.2) is 6.07 Å². The van der Waals surface area contributed by atoms with Gasteiger partial charge in [-0.1, -0.05) is 13.3 Å². The van der Waals surface area contributed by atoms with E-state index in [0.717, 1.165) is 24.1 Å². The van der Waals surface area contributed by atoms with Crippen molar-refractivity contribution in [3.63, 3.8) is 0 Å². The van der Waals surface area contributed by atoms with Crippen molar-refractivity contribution in [3.8, 4) is 0 Å². The summed E-state index contributed by atoms with van der Waals surface area (Å²) in [4.78, 5) is 27.7. The zero-order valence-corrected chi connectivity index (χ0v) is 13.8. The fraction of sp³-hybridized carbons (Fsp3) is 0.625. The first-order valence-corrected chi connectivity index (χ1v) is 8.31. The van der Waals surface area contributed by atoms with Crippen molar-refractivity contribution in [1.82, 2.24) is 4.90 Å². The number of carbonyl (C=O) groups is 2. The van der Waals surface area contributed by atoms with Crippen molar-refractivity contribution in [3.05, 3.63) is 21.4 Å². The Morgan fingerprint density at radius 3 is 2.81 bits per heavy atom. The van der Waals surface area contributed by atoms with Crippen LogP contribution in [-0.2, 0) is 11.2 Å². The summed E-state index contributed by atoms with van der Waals surface area (Å²) in [6.07, 6.45) is 3.44. The van der Waals surface area contributed by atoms with Gasteiger partial charge >= 0.3 is 5.97 Å². The summed E-state index contributed by atoms with van der Waals surface area (Å²) in [5.41, 5.74) is 0.427. The highest BCUT2D eigenvalue weighted by molar-refractivity contribution is 7.14. The van der Waals surface area contributed by atoms with Gasteiger partial charge < -0.3 is 10.0 Å². The second-order valence-corrected chi connectivity index (χ2v) is 7.39. The number of nitrogens with zero attached hydrogens (tertiary/aromatic N) is 1. The molecular weight excluding hydrogens is 286 g/mol. The van der Waals surface area contributed by atoms with Gasteiger partial charge in [0.1, 0.15) is 0 Å². The molecule has 2 rings (SSSR count). The van der Waals surface area contributed by atoms with Crippen LogP contribution in [0.25, 0.3) is 0 Å². The summed E-state index contributed by atoms with van der Waals surface area (Å²) in [6, 6.07) is 1.98.